The zero-order valence-electron chi connectivity index (χ0n) is 21.1. The van der Waals surface area contributed by atoms with Crippen molar-refractivity contribution in [2.24, 2.45) is 0 Å². The summed E-state index contributed by atoms with van der Waals surface area (Å²) in [4.78, 5) is 42.1. The van der Waals surface area contributed by atoms with Gasteiger partial charge in [-0.15, -0.1) is 4.74 Å². The molecule has 2 aromatic carbocycles. The Hall–Kier alpha value is -3.48. The van der Waals surface area contributed by atoms with Crippen molar-refractivity contribution in [2.45, 2.75) is 25.6 Å². The van der Waals surface area contributed by atoms with Crippen LogP contribution in [0.25, 0.3) is 5.69 Å². The van der Waals surface area contributed by atoms with Crippen molar-refractivity contribution in [1.29, 1.82) is 0 Å². The number of hydrogen-bond acceptors (Lipinski definition) is 8. The molecule has 1 aromatic heterocycles. The molecule has 0 bridgehead atoms. The average molecular weight is 583 g/mol. The fourth-order valence-corrected chi connectivity index (χ4v) is 5.36. The maximum Gasteiger partial charge on any atom is 0.447 e. The second-order valence-corrected chi connectivity index (χ2v) is 9.96. The molecule has 0 radical (unpaired) electrons. The molecule has 0 spiro atoms. The maximum absolute atomic E-state index is 13.7. The van der Waals surface area contributed by atoms with E-state index in [4.69, 9.17) is 54.2 Å². The second-order valence-electron chi connectivity index (χ2n) is 8.78. The summed E-state index contributed by atoms with van der Waals surface area (Å²) >= 11 is 18.4. The van der Waals surface area contributed by atoms with Gasteiger partial charge in [0, 0.05) is 5.69 Å². The predicted octanol–water partition coefficient (Wildman–Crippen LogP) is 3.47. The van der Waals surface area contributed by atoms with E-state index >= 15 is 0 Å². The molecule has 1 unspecified atom stereocenters. The first-order chi connectivity index (χ1) is 18.0. The predicted molar refractivity (Wildman–Crippen MR) is 145 cm³/mol. The molecule has 38 heavy (non-hydrogen) atoms. The fourth-order valence-electron chi connectivity index (χ4n) is 4.36. The third-order valence-electron chi connectivity index (χ3n) is 6.29. The molecule has 1 aliphatic heterocycles. The van der Waals surface area contributed by atoms with Crippen molar-refractivity contribution in [2.75, 3.05) is 32.8 Å². The molecular weight excluding hydrogens is 559 g/mol. The number of carbonyl (C=O) groups excluding carboxylic acids is 1. The van der Waals surface area contributed by atoms with Gasteiger partial charge in [0.2, 0.25) is 0 Å². The zero-order valence-corrected chi connectivity index (χ0v) is 23.4. The SMILES string of the molecule is COC(=O)CN1C(=S)N(c2ccc(OC)c(Cl)c2)C(n2oc(=O)n(-c3ccc(OC)c(Cl)c3)c2=O)C1(C)C. The molecule has 11 nitrogen and oxygen atoms in total. The number of methoxy groups -OCH3 is 3. The third kappa shape index (κ3) is 4.52. The summed E-state index contributed by atoms with van der Waals surface area (Å²) in [6.07, 6.45) is -1.01. The summed E-state index contributed by atoms with van der Waals surface area (Å²) in [6, 6.07) is 9.36. The first-order valence-electron chi connectivity index (χ1n) is 11.2. The summed E-state index contributed by atoms with van der Waals surface area (Å²) in [5.41, 5.74) is -1.19. The van der Waals surface area contributed by atoms with Crippen LogP contribution in [0.2, 0.25) is 10.0 Å². The molecule has 2 heterocycles. The minimum atomic E-state index is -1.05. The molecule has 202 valence electrons. The quantitative estimate of drug-likeness (QED) is 0.303. The molecule has 0 saturated carbocycles. The van der Waals surface area contributed by atoms with Crippen LogP contribution in [0.15, 0.2) is 50.5 Å². The highest BCUT2D eigenvalue weighted by Crippen LogP contribution is 2.43. The molecule has 4 rings (SSSR count). The van der Waals surface area contributed by atoms with Crippen LogP contribution in [0.1, 0.15) is 20.0 Å². The monoisotopic (exact) mass is 582 g/mol. The summed E-state index contributed by atoms with van der Waals surface area (Å²) in [5.74, 6) is -0.699. The molecule has 1 atom stereocenters. The highest BCUT2D eigenvalue weighted by molar-refractivity contribution is 7.80. The van der Waals surface area contributed by atoms with Gasteiger partial charge in [-0.05, 0) is 62.5 Å². The first-order valence-corrected chi connectivity index (χ1v) is 12.3. The van der Waals surface area contributed by atoms with E-state index in [2.05, 4.69) is 0 Å². The van der Waals surface area contributed by atoms with Gasteiger partial charge in [0.25, 0.3) is 0 Å². The Bertz CT molecular complexity index is 1530. The van der Waals surface area contributed by atoms with E-state index < -0.39 is 29.1 Å². The molecule has 1 aliphatic rings. The van der Waals surface area contributed by atoms with Gasteiger partial charge in [0.1, 0.15) is 18.0 Å². The van der Waals surface area contributed by atoms with E-state index in [1.165, 1.54) is 39.5 Å². The minimum Gasteiger partial charge on any atom is -0.495 e. The Morgan fingerprint density at radius 3 is 2.08 bits per heavy atom. The van der Waals surface area contributed by atoms with Crippen LogP contribution in [0.4, 0.5) is 5.69 Å². The van der Waals surface area contributed by atoms with Crippen LogP contribution >= 0.6 is 35.4 Å². The van der Waals surface area contributed by atoms with Crippen LogP contribution in [0, 0.1) is 0 Å². The summed E-state index contributed by atoms with van der Waals surface area (Å²) < 4.78 is 22.5. The second kappa shape index (κ2) is 10.4. The lowest BCUT2D eigenvalue weighted by molar-refractivity contribution is -0.142. The summed E-state index contributed by atoms with van der Waals surface area (Å²) in [7, 11) is 4.19. The van der Waals surface area contributed by atoms with Crippen LogP contribution in [-0.4, -0.2) is 58.7 Å². The lowest BCUT2D eigenvalue weighted by Gasteiger charge is -2.34. The normalized spacial score (nSPS) is 16.6. The maximum atomic E-state index is 13.7. The molecule has 0 amide bonds. The van der Waals surface area contributed by atoms with E-state index in [1.807, 2.05) is 0 Å². The first kappa shape index (κ1) is 27.6. The standard InChI is InChI=1S/C24H24Cl2N4O7S/c1-24(2)20(30-21(32)29(23(33)37-30)14-7-9-18(35-4)16(26)11-14)28(22(38)27(24)12-19(31)36-5)13-6-8-17(34-3)15(25)10-13/h6-11,20H,12H2,1-5H3. The van der Waals surface area contributed by atoms with Gasteiger partial charge in [0.15, 0.2) is 11.3 Å². The largest absolute Gasteiger partial charge is 0.495 e. The van der Waals surface area contributed by atoms with Crippen LogP contribution in [-0.2, 0) is 9.53 Å². The number of ether oxygens (including phenoxy) is 3. The van der Waals surface area contributed by atoms with Gasteiger partial charge >= 0.3 is 17.4 Å². The Morgan fingerprint density at radius 2 is 1.55 bits per heavy atom. The topological polar surface area (TPSA) is 108 Å². The van der Waals surface area contributed by atoms with Gasteiger partial charge in [-0.25, -0.2) is 9.59 Å². The molecule has 1 fully saturated rings. The van der Waals surface area contributed by atoms with Crippen LogP contribution < -0.4 is 25.8 Å². The number of halogens is 2. The summed E-state index contributed by atoms with van der Waals surface area (Å²) in [6.45, 7) is 3.30. The number of aromatic nitrogens is 2. The van der Waals surface area contributed by atoms with Crippen molar-refractivity contribution < 1.29 is 23.5 Å². The Kier molecular flexibility index (Phi) is 7.51. The van der Waals surface area contributed by atoms with Gasteiger partial charge in [-0.2, -0.15) is 4.57 Å². The molecule has 3 aromatic rings. The number of anilines is 1. The molecular formula is C24H24Cl2N4O7S. The van der Waals surface area contributed by atoms with Crippen molar-refractivity contribution >= 4 is 52.2 Å². The highest BCUT2D eigenvalue weighted by Gasteiger charge is 2.53. The fraction of sp³-hybridized carbons (Fsp3) is 0.333. The van der Waals surface area contributed by atoms with Crippen molar-refractivity contribution in [1.82, 2.24) is 14.2 Å². The molecule has 1 saturated heterocycles. The van der Waals surface area contributed by atoms with Crippen molar-refractivity contribution in [3.05, 3.63) is 67.5 Å². The lowest BCUT2D eigenvalue weighted by Crippen LogP contribution is -2.48. The van der Waals surface area contributed by atoms with Gasteiger partial charge in [-0.3, -0.25) is 9.69 Å². The smallest absolute Gasteiger partial charge is 0.447 e. The van der Waals surface area contributed by atoms with Gasteiger partial charge < -0.3 is 23.6 Å². The van der Waals surface area contributed by atoms with E-state index in [1.54, 1.807) is 41.8 Å². The van der Waals surface area contributed by atoms with Crippen LogP contribution in [0.3, 0.4) is 0 Å². The Balaban J connectivity index is 1.92. The molecule has 0 aliphatic carbocycles. The number of esters is 1. The number of benzene rings is 2. The van der Waals surface area contributed by atoms with Crippen molar-refractivity contribution in [3.8, 4) is 17.2 Å². The molecule has 14 heteroatoms. The number of nitrogens with zero attached hydrogens (tertiary/aromatic N) is 4. The van der Waals surface area contributed by atoms with Crippen LogP contribution in [0.5, 0.6) is 11.5 Å². The van der Waals surface area contributed by atoms with E-state index in [0.29, 0.717) is 17.2 Å². The summed E-state index contributed by atoms with van der Waals surface area (Å²) in [5, 5.41) is 0.668. The number of rotatable bonds is 7. The Labute approximate surface area is 232 Å². The van der Waals surface area contributed by atoms with Crippen molar-refractivity contribution in [3.63, 3.8) is 0 Å². The number of thiocarbonyl (C=S) groups is 1. The van der Waals surface area contributed by atoms with Gasteiger partial charge in [-0.1, -0.05) is 23.2 Å². The highest BCUT2D eigenvalue weighted by atomic mass is 35.5. The number of carbonyl (C=O) groups is 1. The lowest BCUT2D eigenvalue weighted by atomic mass is 10.0. The molecule has 0 N–H and O–H groups in total. The van der Waals surface area contributed by atoms with E-state index in [0.717, 1.165) is 9.31 Å². The third-order valence-corrected chi connectivity index (χ3v) is 7.30. The minimum absolute atomic E-state index is 0.178. The Morgan fingerprint density at radius 1 is 1.00 bits per heavy atom. The van der Waals surface area contributed by atoms with E-state index in [-0.39, 0.29) is 27.4 Å². The van der Waals surface area contributed by atoms with Gasteiger partial charge in [0.05, 0.1) is 42.6 Å². The zero-order chi connectivity index (χ0) is 27.9. The average Bonchev–Trinajstić information content (AvgIpc) is 3.27. The number of hydrogen-bond donors (Lipinski definition) is 0. The van der Waals surface area contributed by atoms with E-state index in [9.17, 15) is 14.4 Å².